The van der Waals surface area contributed by atoms with E-state index >= 15 is 0 Å². The standard InChI is InChI=1S/C21H20N2O5S/c1-13-11-18(23-20(24)16-3-2-8-26-16)29-19(13)21(25)22-7-6-14-4-5-15-17(12-14)28-10-9-27-15/h2-5,8,11-12H,6-7,9-10H2,1H3,(H,22,25)(H,23,24). The van der Waals surface area contributed by atoms with Gasteiger partial charge in [0.15, 0.2) is 17.3 Å². The largest absolute Gasteiger partial charge is 0.486 e. The Balaban J connectivity index is 1.33. The smallest absolute Gasteiger partial charge is 0.291 e. The third-order valence-corrected chi connectivity index (χ3v) is 5.56. The van der Waals surface area contributed by atoms with E-state index in [9.17, 15) is 9.59 Å². The number of hydrogen-bond acceptors (Lipinski definition) is 6. The van der Waals surface area contributed by atoms with Crippen molar-refractivity contribution >= 4 is 28.2 Å². The molecule has 8 heteroatoms. The van der Waals surface area contributed by atoms with E-state index < -0.39 is 0 Å². The van der Waals surface area contributed by atoms with Crippen LogP contribution in [0.25, 0.3) is 0 Å². The van der Waals surface area contributed by atoms with Crippen molar-refractivity contribution in [3.05, 3.63) is 64.4 Å². The fraction of sp³-hybridized carbons (Fsp3) is 0.238. The van der Waals surface area contributed by atoms with Crippen LogP contribution in [0.5, 0.6) is 11.5 Å². The summed E-state index contributed by atoms with van der Waals surface area (Å²) in [6.07, 6.45) is 2.12. The van der Waals surface area contributed by atoms with Crippen LogP contribution in [0, 0.1) is 6.92 Å². The van der Waals surface area contributed by atoms with Crippen LogP contribution in [0.15, 0.2) is 47.1 Å². The van der Waals surface area contributed by atoms with Crippen molar-refractivity contribution in [3.8, 4) is 11.5 Å². The number of aryl methyl sites for hydroxylation is 1. The highest BCUT2D eigenvalue weighted by molar-refractivity contribution is 7.18. The molecule has 0 atom stereocenters. The lowest BCUT2D eigenvalue weighted by Crippen LogP contribution is -2.25. The van der Waals surface area contributed by atoms with Gasteiger partial charge in [-0.1, -0.05) is 6.07 Å². The molecule has 0 bridgehead atoms. The Bertz CT molecular complexity index is 1030. The fourth-order valence-corrected chi connectivity index (χ4v) is 3.98. The van der Waals surface area contributed by atoms with Crippen LogP contribution in [-0.4, -0.2) is 31.6 Å². The van der Waals surface area contributed by atoms with E-state index in [0.717, 1.165) is 22.6 Å². The van der Waals surface area contributed by atoms with Crippen molar-refractivity contribution in [3.63, 3.8) is 0 Å². The third kappa shape index (κ3) is 4.43. The normalized spacial score (nSPS) is 12.4. The number of rotatable bonds is 6. The van der Waals surface area contributed by atoms with Gasteiger partial charge < -0.3 is 24.5 Å². The number of nitrogens with one attached hydrogen (secondary N) is 2. The first-order chi connectivity index (χ1) is 14.1. The van der Waals surface area contributed by atoms with Gasteiger partial charge in [-0.2, -0.15) is 0 Å². The third-order valence-electron chi connectivity index (χ3n) is 4.41. The van der Waals surface area contributed by atoms with E-state index in [4.69, 9.17) is 13.9 Å². The molecule has 0 saturated carbocycles. The molecule has 2 amide bonds. The number of anilines is 1. The monoisotopic (exact) mass is 412 g/mol. The molecule has 1 aromatic carbocycles. The number of fused-ring (bicyclic) bond motifs is 1. The molecular formula is C21H20N2O5S. The number of benzene rings is 1. The molecule has 29 heavy (non-hydrogen) atoms. The van der Waals surface area contributed by atoms with Gasteiger partial charge in [0.25, 0.3) is 11.8 Å². The summed E-state index contributed by atoms with van der Waals surface area (Å²) in [5.74, 6) is 1.21. The Morgan fingerprint density at radius 2 is 1.90 bits per heavy atom. The molecular weight excluding hydrogens is 392 g/mol. The molecule has 7 nitrogen and oxygen atoms in total. The number of amides is 2. The molecule has 1 aliphatic heterocycles. The van der Waals surface area contributed by atoms with Crippen molar-refractivity contribution in [2.45, 2.75) is 13.3 Å². The second-order valence-corrected chi connectivity index (χ2v) is 7.59. The molecule has 1 aliphatic rings. The summed E-state index contributed by atoms with van der Waals surface area (Å²) >= 11 is 1.24. The molecule has 0 radical (unpaired) electrons. The lowest BCUT2D eigenvalue weighted by Gasteiger charge is -2.18. The van der Waals surface area contributed by atoms with Crippen molar-refractivity contribution < 1.29 is 23.5 Å². The quantitative estimate of drug-likeness (QED) is 0.645. The van der Waals surface area contributed by atoms with Crippen molar-refractivity contribution in [2.75, 3.05) is 25.1 Å². The molecule has 0 fully saturated rings. The zero-order valence-electron chi connectivity index (χ0n) is 15.8. The van der Waals surface area contributed by atoms with Gasteiger partial charge in [-0.15, -0.1) is 11.3 Å². The predicted octanol–water partition coefficient (Wildman–Crippen LogP) is 3.65. The molecule has 0 aliphatic carbocycles. The van der Waals surface area contributed by atoms with Crippen LogP contribution in [0.2, 0.25) is 0 Å². The highest BCUT2D eigenvalue weighted by atomic mass is 32.1. The molecule has 0 saturated heterocycles. The molecule has 4 rings (SSSR count). The van der Waals surface area contributed by atoms with E-state index in [-0.39, 0.29) is 17.6 Å². The summed E-state index contributed by atoms with van der Waals surface area (Å²) in [5.41, 5.74) is 1.87. The number of thiophene rings is 1. The summed E-state index contributed by atoms with van der Waals surface area (Å²) in [4.78, 5) is 25.2. The molecule has 3 heterocycles. The fourth-order valence-electron chi connectivity index (χ4n) is 2.99. The summed E-state index contributed by atoms with van der Waals surface area (Å²) in [6.45, 7) is 3.44. The second-order valence-electron chi connectivity index (χ2n) is 6.54. The SMILES string of the molecule is Cc1cc(NC(=O)c2ccco2)sc1C(=O)NCCc1ccc2c(c1)OCCO2. The maximum atomic E-state index is 12.5. The van der Waals surface area contributed by atoms with E-state index in [1.165, 1.54) is 17.6 Å². The number of carbonyl (C=O) groups is 2. The molecule has 3 aromatic rings. The molecule has 2 N–H and O–H groups in total. The first-order valence-electron chi connectivity index (χ1n) is 9.22. The minimum atomic E-state index is -0.346. The van der Waals surface area contributed by atoms with E-state index in [1.807, 2.05) is 25.1 Å². The van der Waals surface area contributed by atoms with Crippen LogP contribution < -0.4 is 20.1 Å². The van der Waals surface area contributed by atoms with Crippen LogP contribution in [0.3, 0.4) is 0 Å². The maximum Gasteiger partial charge on any atom is 0.291 e. The van der Waals surface area contributed by atoms with E-state index in [2.05, 4.69) is 10.6 Å². The summed E-state index contributed by atoms with van der Waals surface area (Å²) in [5, 5.41) is 6.28. The van der Waals surface area contributed by atoms with Gasteiger partial charge in [0.1, 0.15) is 13.2 Å². The zero-order valence-corrected chi connectivity index (χ0v) is 16.6. The lowest BCUT2D eigenvalue weighted by molar-refractivity contribution is 0.0956. The highest BCUT2D eigenvalue weighted by Crippen LogP contribution is 2.31. The minimum absolute atomic E-state index is 0.163. The van der Waals surface area contributed by atoms with Gasteiger partial charge >= 0.3 is 0 Å². The van der Waals surface area contributed by atoms with Crippen LogP contribution >= 0.6 is 11.3 Å². The number of furan rings is 1. The van der Waals surface area contributed by atoms with Gasteiger partial charge in [0.2, 0.25) is 0 Å². The molecule has 0 spiro atoms. The lowest BCUT2D eigenvalue weighted by atomic mass is 10.1. The first-order valence-corrected chi connectivity index (χ1v) is 10.0. The van der Waals surface area contributed by atoms with Gasteiger partial charge in [0.05, 0.1) is 16.1 Å². The Hall–Kier alpha value is -3.26. The van der Waals surface area contributed by atoms with Crippen molar-refractivity contribution in [2.24, 2.45) is 0 Å². The van der Waals surface area contributed by atoms with Crippen LogP contribution in [-0.2, 0) is 6.42 Å². The Labute approximate surface area is 171 Å². The molecule has 150 valence electrons. The molecule has 2 aromatic heterocycles. The Morgan fingerprint density at radius 1 is 1.07 bits per heavy atom. The van der Waals surface area contributed by atoms with Gasteiger partial charge in [-0.25, -0.2) is 0 Å². The highest BCUT2D eigenvalue weighted by Gasteiger charge is 2.17. The number of hydrogen-bond donors (Lipinski definition) is 2. The summed E-state index contributed by atoms with van der Waals surface area (Å²) < 4.78 is 16.2. The van der Waals surface area contributed by atoms with Gasteiger partial charge in [-0.05, 0) is 54.8 Å². The van der Waals surface area contributed by atoms with E-state index in [1.54, 1.807) is 18.2 Å². The van der Waals surface area contributed by atoms with E-state index in [0.29, 0.717) is 36.1 Å². The minimum Gasteiger partial charge on any atom is -0.486 e. The van der Waals surface area contributed by atoms with Crippen LogP contribution in [0.1, 0.15) is 31.4 Å². The Morgan fingerprint density at radius 3 is 2.69 bits per heavy atom. The van der Waals surface area contributed by atoms with Crippen molar-refractivity contribution in [1.82, 2.24) is 5.32 Å². The van der Waals surface area contributed by atoms with Crippen molar-refractivity contribution in [1.29, 1.82) is 0 Å². The average molecular weight is 412 g/mol. The number of ether oxygens (including phenoxy) is 2. The summed E-state index contributed by atoms with van der Waals surface area (Å²) in [6, 6.07) is 10.8. The topological polar surface area (TPSA) is 89.8 Å². The second kappa shape index (κ2) is 8.40. The number of carbonyl (C=O) groups excluding carboxylic acids is 2. The average Bonchev–Trinajstić information content (AvgIpc) is 3.38. The van der Waals surface area contributed by atoms with Crippen LogP contribution in [0.4, 0.5) is 5.00 Å². The Kier molecular flexibility index (Phi) is 5.53. The molecule has 0 unspecified atom stereocenters. The zero-order chi connectivity index (χ0) is 20.2. The van der Waals surface area contributed by atoms with Gasteiger partial charge in [0, 0.05) is 6.54 Å². The summed E-state index contributed by atoms with van der Waals surface area (Å²) in [7, 11) is 0. The predicted molar refractivity (Wildman–Crippen MR) is 109 cm³/mol. The maximum absolute atomic E-state index is 12.5. The first kappa shape index (κ1) is 19.1. The van der Waals surface area contributed by atoms with Gasteiger partial charge in [-0.3, -0.25) is 9.59 Å².